The SMILES string of the molecule is CC(=O)OC1CCC2(C)C(CCC3(C)C4CCC5(C)CCCC5C4CCC32)C1(C)C. The number of hydrogen-bond donors (Lipinski definition) is 0. The Balaban J connectivity index is 1.44. The van der Waals surface area contributed by atoms with Crippen LogP contribution in [0.15, 0.2) is 0 Å². The van der Waals surface area contributed by atoms with Crippen molar-refractivity contribution < 1.29 is 9.53 Å². The van der Waals surface area contributed by atoms with E-state index in [0.29, 0.717) is 22.2 Å². The van der Waals surface area contributed by atoms with Crippen LogP contribution in [-0.4, -0.2) is 12.1 Å². The molecule has 0 aromatic heterocycles. The van der Waals surface area contributed by atoms with Crippen LogP contribution < -0.4 is 0 Å². The largest absolute Gasteiger partial charge is 0.462 e. The number of rotatable bonds is 1. The van der Waals surface area contributed by atoms with Gasteiger partial charge in [0.1, 0.15) is 6.10 Å². The first kappa shape index (κ1) is 21.3. The molecule has 9 unspecified atom stereocenters. The first-order valence-corrected chi connectivity index (χ1v) is 13.2. The molecule has 0 N–H and O–H groups in total. The maximum Gasteiger partial charge on any atom is 0.302 e. The Morgan fingerprint density at radius 3 is 2.20 bits per heavy atom. The summed E-state index contributed by atoms with van der Waals surface area (Å²) in [6.07, 6.45) is 15.5. The van der Waals surface area contributed by atoms with Crippen molar-refractivity contribution in [3.05, 3.63) is 0 Å². The number of carbonyl (C=O) groups is 1. The van der Waals surface area contributed by atoms with E-state index in [9.17, 15) is 4.79 Å². The predicted octanol–water partition coefficient (Wildman–Crippen LogP) is 7.40. The zero-order valence-corrected chi connectivity index (χ0v) is 20.6. The highest BCUT2D eigenvalue weighted by molar-refractivity contribution is 5.66. The summed E-state index contributed by atoms with van der Waals surface area (Å²) in [6.45, 7) is 14.4. The smallest absolute Gasteiger partial charge is 0.302 e. The fourth-order valence-electron chi connectivity index (χ4n) is 10.9. The summed E-state index contributed by atoms with van der Waals surface area (Å²) < 4.78 is 5.87. The van der Waals surface area contributed by atoms with E-state index in [1.54, 1.807) is 6.92 Å². The third-order valence-corrected chi connectivity index (χ3v) is 12.2. The molecule has 2 heteroatoms. The highest BCUT2D eigenvalue weighted by Gasteiger charge is 2.66. The molecule has 5 fully saturated rings. The average molecular weight is 415 g/mol. The first-order valence-electron chi connectivity index (χ1n) is 13.2. The van der Waals surface area contributed by atoms with Gasteiger partial charge in [-0.3, -0.25) is 4.79 Å². The third-order valence-electron chi connectivity index (χ3n) is 12.2. The van der Waals surface area contributed by atoms with Crippen LogP contribution in [0.4, 0.5) is 0 Å². The topological polar surface area (TPSA) is 26.3 Å². The van der Waals surface area contributed by atoms with E-state index in [4.69, 9.17) is 4.74 Å². The molecule has 0 spiro atoms. The van der Waals surface area contributed by atoms with Gasteiger partial charge in [-0.1, -0.05) is 41.0 Å². The molecule has 2 nitrogen and oxygen atoms in total. The summed E-state index contributed by atoms with van der Waals surface area (Å²) in [6, 6.07) is 0. The quantitative estimate of drug-likeness (QED) is 0.418. The fourth-order valence-corrected chi connectivity index (χ4v) is 10.9. The van der Waals surface area contributed by atoms with Gasteiger partial charge in [-0.05, 0) is 110 Å². The Kier molecular flexibility index (Phi) is 4.79. The van der Waals surface area contributed by atoms with Crippen molar-refractivity contribution in [2.24, 2.45) is 51.2 Å². The van der Waals surface area contributed by atoms with Gasteiger partial charge in [-0.2, -0.15) is 0 Å². The molecule has 5 saturated carbocycles. The molecule has 0 bridgehead atoms. The molecule has 0 aromatic carbocycles. The molecule has 0 aliphatic heterocycles. The lowest BCUT2D eigenvalue weighted by Crippen LogP contribution is -2.63. The highest BCUT2D eigenvalue weighted by Crippen LogP contribution is 2.73. The second-order valence-electron chi connectivity index (χ2n) is 13.7. The van der Waals surface area contributed by atoms with Gasteiger partial charge >= 0.3 is 5.97 Å². The average Bonchev–Trinajstić information content (AvgIpc) is 3.05. The summed E-state index contributed by atoms with van der Waals surface area (Å²) in [5, 5.41) is 0. The van der Waals surface area contributed by atoms with Gasteiger partial charge < -0.3 is 4.74 Å². The molecule has 0 radical (unpaired) electrons. The fraction of sp³-hybridized carbons (Fsp3) is 0.964. The number of hydrogen-bond acceptors (Lipinski definition) is 2. The molecular weight excluding hydrogens is 368 g/mol. The molecule has 5 aliphatic carbocycles. The predicted molar refractivity (Wildman–Crippen MR) is 122 cm³/mol. The van der Waals surface area contributed by atoms with E-state index < -0.39 is 0 Å². The molecule has 30 heavy (non-hydrogen) atoms. The van der Waals surface area contributed by atoms with Crippen LogP contribution in [0.3, 0.4) is 0 Å². The lowest BCUT2D eigenvalue weighted by Gasteiger charge is -2.69. The third kappa shape index (κ3) is 2.76. The molecule has 0 aromatic rings. The van der Waals surface area contributed by atoms with Crippen LogP contribution in [0, 0.1) is 51.2 Å². The monoisotopic (exact) mass is 414 g/mol. The highest BCUT2D eigenvalue weighted by atomic mass is 16.5. The van der Waals surface area contributed by atoms with Crippen molar-refractivity contribution in [1.29, 1.82) is 0 Å². The minimum atomic E-state index is -0.0975. The van der Waals surface area contributed by atoms with E-state index in [-0.39, 0.29) is 17.5 Å². The maximum absolute atomic E-state index is 11.8. The molecular formula is C28H46O2. The minimum Gasteiger partial charge on any atom is -0.462 e. The second kappa shape index (κ2) is 6.74. The van der Waals surface area contributed by atoms with Gasteiger partial charge in [-0.25, -0.2) is 0 Å². The molecule has 0 heterocycles. The normalized spacial score (nSPS) is 54.3. The Hall–Kier alpha value is -0.530. The lowest BCUT2D eigenvalue weighted by molar-refractivity contribution is -0.220. The van der Waals surface area contributed by atoms with Crippen LogP contribution in [0.2, 0.25) is 0 Å². The Morgan fingerprint density at radius 2 is 1.47 bits per heavy atom. The van der Waals surface area contributed by atoms with Gasteiger partial charge in [0, 0.05) is 12.3 Å². The standard InChI is InChI=1S/C28H46O2/c1-18(29)30-24-13-17-28(6)22(25(24,2)3)12-16-27(5)21-11-15-26(4)14-7-8-20(26)19(21)9-10-23(27)28/h19-24H,7-17H2,1-6H3. The van der Waals surface area contributed by atoms with Gasteiger partial charge in [0.05, 0.1) is 0 Å². The Morgan fingerprint density at radius 1 is 0.733 bits per heavy atom. The van der Waals surface area contributed by atoms with Crippen LogP contribution >= 0.6 is 0 Å². The van der Waals surface area contributed by atoms with E-state index >= 15 is 0 Å². The van der Waals surface area contributed by atoms with E-state index in [1.165, 1.54) is 64.2 Å². The molecule has 5 rings (SSSR count). The van der Waals surface area contributed by atoms with Crippen LogP contribution in [0.25, 0.3) is 0 Å². The lowest BCUT2D eigenvalue weighted by atomic mass is 9.36. The zero-order chi connectivity index (χ0) is 21.5. The Bertz CT molecular complexity index is 711. The van der Waals surface area contributed by atoms with Crippen molar-refractivity contribution in [3.63, 3.8) is 0 Å². The summed E-state index contributed by atoms with van der Waals surface area (Å²) in [7, 11) is 0. The maximum atomic E-state index is 11.8. The van der Waals surface area contributed by atoms with E-state index in [2.05, 4.69) is 34.6 Å². The van der Waals surface area contributed by atoms with Crippen LogP contribution in [0.1, 0.15) is 112 Å². The van der Waals surface area contributed by atoms with E-state index in [0.717, 1.165) is 30.1 Å². The summed E-state index contributed by atoms with van der Waals surface area (Å²) >= 11 is 0. The minimum absolute atomic E-state index is 0.0907. The molecule has 9 atom stereocenters. The molecule has 0 amide bonds. The summed E-state index contributed by atoms with van der Waals surface area (Å²) in [4.78, 5) is 11.8. The van der Waals surface area contributed by atoms with Gasteiger partial charge in [0.25, 0.3) is 0 Å². The van der Waals surface area contributed by atoms with Crippen molar-refractivity contribution >= 4 is 5.97 Å². The van der Waals surface area contributed by atoms with Gasteiger partial charge in [0.2, 0.25) is 0 Å². The van der Waals surface area contributed by atoms with Crippen molar-refractivity contribution in [2.45, 2.75) is 118 Å². The molecule has 170 valence electrons. The van der Waals surface area contributed by atoms with E-state index in [1.807, 2.05) is 0 Å². The first-order chi connectivity index (χ1) is 14.0. The molecule has 5 aliphatic rings. The van der Waals surface area contributed by atoms with Crippen LogP contribution in [0.5, 0.6) is 0 Å². The molecule has 0 saturated heterocycles. The number of fused-ring (bicyclic) bond motifs is 7. The Labute approximate surface area is 185 Å². The second-order valence-corrected chi connectivity index (χ2v) is 13.7. The zero-order valence-electron chi connectivity index (χ0n) is 20.6. The number of esters is 1. The van der Waals surface area contributed by atoms with Gasteiger partial charge in [0.15, 0.2) is 0 Å². The number of ether oxygens (including phenoxy) is 1. The summed E-state index contributed by atoms with van der Waals surface area (Å²) in [5.74, 6) is 4.40. The van der Waals surface area contributed by atoms with Crippen molar-refractivity contribution in [1.82, 2.24) is 0 Å². The van der Waals surface area contributed by atoms with Gasteiger partial charge in [-0.15, -0.1) is 0 Å². The van der Waals surface area contributed by atoms with Crippen molar-refractivity contribution in [2.75, 3.05) is 0 Å². The van der Waals surface area contributed by atoms with Crippen LogP contribution in [-0.2, 0) is 9.53 Å². The van der Waals surface area contributed by atoms with Crippen molar-refractivity contribution in [3.8, 4) is 0 Å². The summed E-state index contributed by atoms with van der Waals surface area (Å²) in [5.41, 5.74) is 1.69. The number of carbonyl (C=O) groups excluding carboxylic acids is 1.